The normalized spacial score (nSPS) is 26.8. The van der Waals surface area contributed by atoms with Gasteiger partial charge in [-0.3, -0.25) is 0 Å². The van der Waals surface area contributed by atoms with Crippen LogP contribution in [-0.2, 0) is 14.2 Å². The van der Waals surface area contributed by atoms with Gasteiger partial charge in [-0.25, -0.2) is 0 Å². The molecule has 2 aliphatic rings. The molecule has 4 heteroatoms. The summed E-state index contributed by atoms with van der Waals surface area (Å²) in [7, 11) is 0. The monoisotopic (exact) mass is 360 g/mol. The van der Waals surface area contributed by atoms with Gasteiger partial charge in [0, 0.05) is 17.6 Å². The predicted molar refractivity (Wildman–Crippen MR) is 103 cm³/mol. The summed E-state index contributed by atoms with van der Waals surface area (Å²) in [5.41, 5.74) is 2.11. The maximum atomic E-state index is 9.87. The van der Waals surface area contributed by atoms with Gasteiger partial charge in [0.2, 0.25) is 0 Å². The second kappa shape index (κ2) is 7.61. The van der Waals surface area contributed by atoms with Crippen molar-refractivity contribution in [2.24, 2.45) is 10.8 Å². The van der Waals surface area contributed by atoms with E-state index in [-0.39, 0.29) is 22.9 Å². The number of ether oxygens (including phenoxy) is 3. The molecule has 3 rings (SSSR count). The summed E-state index contributed by atoms with van der Waals surface area (Å²) in [6.07, 6.45) is 4.14. The standard InChI is InChI=1S/C22H32O4/c1-21(2,3)20-19(16-8-7-9-17(23)14-16)26-15-22(20,4)11-13-25-18-10-5-6-12-24-18/h7-9,14,18,23H,5-6,10-13,15H2,1-4H3. The van der Waals surface area contributed by atoms with Crippen molar-refractivity contribution < 1.29 is 19.3 Å². The zero-order valence-corrected chi connectivity index (χ0v) is 16.5. The third-order valence-electron chi connectivity index (χ3n) is 5.32. The fourth-order valence-electron chi connectivity index (χ4n) is 4.23. The van der Waals surface area contributed by atoms with Gasteiger partial charge in [0.1, 0.15) is 11.5 Å². The van der Waals surface area contributed by atoms with Gasteiger partial charge in [0.15, 0.2) is 6.29 Å². The van der Waals surface area contributed by atoms with Crippen molar-refractivity contribution >= 4 is 5.76 Å². The molecule has 0 radical (unpaired) electrons. The van der Waals surface area contributed by atoms with Crippen LogP contribution in [0, 0.1) is 10.8 Å². The molecule has 0 saturated carbocycles. The van der Waals surface area contributed by atoms with Gasteiger partial charge in [-0.2, -0.15) is 0 Å². The Bertz CT molecular complexity index is 652. The second-order valence-electron chi connectivity index (χ2n) is 8.77. The summed E-state index contributed by atoms with van der Waals surface area (Å²) >= 11 is 0. The number of phenols is 1. The Morgan fingerprint density at radius 1 is 1.27 bits per heavy atom. The Hall–Kier alpha value is -1.52. The lowest BCUT2D eigenvalue weighted by molar-refractivity contribution is -0.165. The molecule has 2 unspecified atom stereocenters. The van der Waals surface area contributed by atoms with Gasteiger partial charge >= 0.3 is 0 Å². The first-order valence-corrected chi connectivity index (χ1v) is 9.70. The van der Waals surface area contributed by atoms with Crippen molar-refractivity contribution in [2.75, 3.05) is 19.8 Å². The van der Waals surface area contributed by atoms with Gasteiger partial charge in [-0.1, -0.05) is 39.8 Å². The molecule has 1 aromatic rings. The minimum atomic E-state index is -0.0896. The van der Waals surface area contributed by atoms with E-state index in [1.54, 1.807) is 12.1 Å². The predicted octanol–water partition coefficient (Wildman–Crippen LogP) is 5.12. The molecule has 1 saturated heterocycles. The van der Waals surface area contributed by atoms with Crippen LogP contribution < -0.4 is 0 Å². The third kappa shape index (κ3) is 4.24. The van der Waals surface area contributed by atoms with Crippen LogP contribution in [-0.4, -0.2) is 31.2 Å². The zero-order valence-electron chi connectivity index (χ0n) is 16.5. The van der Waals surface area contributed by atoms with Gasteiger partial charge < -0.3 is 19.3 Å². The summed E-state index contributed by atoms with van der Waals surface area (Å²) in [6, 6.07) is 7.32. The van der Waals surface area contributed by atoms with E-state index < -0.39 is 0 Å². The van der Waals surface area contributed by atoms with E-state index >= 15 is 0 Å². The molecule has 26 heavy (non-hydrogen) atoms. The molecular formula is C22H32O4. The molecule has 0 aliphatic carbocycles. The van der Waals surface area contributed by atoms with E-state index in [1.165, 1.54) is 12.0 Å². The Morgan fingerprint density at radius 2 is 2.08 bits per heavy atom. The summed E-state index contributed by atoms with van der Waals surface area (Å²) in [5, 5.41) is 9.87. The number of hydrogen-bond acceptors (Lipinski definition) is 4. The second-order valence-corrected chi connectivity index (χ2v) is 8.77. The Labute approximate surface area is 157 Å². The average Bonchev–Trinajstić information content (AvgIpc) is 2.94. The van der Waals surface area contributed by atoms with Gasteiger partial charge in [-0.05, 0) is 48.8 Å². The highest BCUT2D eigenvalue weighted by molar-refractivity contribution is 5.68. The van der Waals surface area contributed by atoms with Crippen LogP contribution in [0.1, 0.15) is 58.9 Å². The van der Waals surface area contributed by atoms with Crippen LogP contribution in [0.4, 0.5) is 0 Å². The molecule has 4 nitrogen and oxygen atoms in total. The largest absolute Gasteiger partial charge is 0.508 e. The highest BCUT2D eigenvalue weighted by atomic mass is 16.7. The number of benzene rings is 1. The van der Waals surface area contributed by atoms with Crippen LogP contribution in [0.25, 0.3) is 5.76 Å². The molecule has 0 spiro atoms. The molecule has 0 aromatic heterocycles. The maximum Gasteiger partial charge on any atom is 0.157 e. The van der Waals surface area contributed by atoms with E-state index in [0.29, 0.717) is 13.2 Å². The van der Waals surface area contributed by atoms with Crippen LogP contribution in [0.2, 0.25) is 0 Å². The molecule has 0 bridgehead atoms. The van der Waals surface area contributed by atoms with Crippen molar-refractivity contribution in [2.45, 2.75) is 59.7 Å². The van der Waals surface area contributed by atoms with Crippen molar-refractivity contribution in [1.29, 1.82) is 0 Å². The Kier molecular flexibility index (Phi) is 5.64. The van der Waals surface area contributed by atoms with Gasteiger partial charge in [-0.15, -0.1) is 0 Å². The lowest BCUT2D eigenvalue weighted by Crippen LogP contribution is -2.31. The molecule has 1 N–H and O–H groups in total. The van der Waals surface area contributed by atoms with Gasteiger partial charge in [0.25, 0.3) is 0 Å². The van der Waals surface area contributed by atoms with Crippen molar-refractivity contribution in [3.63, 3.8) is 0 Å². The SMILES string of the molecule is CC(C)(C)C1=C(c2cccc(O)c2)OCC1(C)CCOC1CCCCO1. The van der Waals surface area contributed by atoms with Crippen molar-refractivity contribution in [3.8, 4) is 5.75 Å². The van der Waals surface area contributed by atoms with Crippen molar-refractivity contribution in [3.05, 3.63) is 35.4 Å². The van der Waals surface area contributed by atoms with E-state index in [0.717, 1.165) is 37.2 Å². The van der Waals surface area contributed by atoms with Crippen LogP contribution in [0.3, 0.4) is 0 Å². The smallest absolute Gasteiger partial charge is 0.157 e. The first-order valence-electron chi connectivity index (χ1n) is 9.70. The lowest BCUT2D eigenvalue weighted by Gasteiger charge is -2.34. The zero-order chi connectivity index (χ0) is 18.8. The first-order chi connectivity index (χ1) is 12.3. The summed E-state index contributed by atoms with van der Waals surface area (Å²) in [4.78, 5) is 0. The summed E-state index contributed by atoms with van der Waals surface area (Å²) in [6.45, 7) is 11.0. The fourth-order valence-corrected chi connectivity index (χ4v) is 4.23. The molecular weight excluding hydrogens is 328 g/mol. The Balaban J connectivity index is 1.79. The molecule has 1 fully saturated rings. The fraction of sp³-hybridized carbons (Fsp3) is 0.636. The number of phenolic OH excluding ortho intramolecular Hbond substituents is 1. The number of rotatable bonds is 5. The maximum absolute atomic E-state index is 9.87. The molecule has 2 aliphatic heterocycles. The molecule has 2 heterocycles. The summed E-state index contributed by atoms with van der Waals surface area (Å²) in [5.74, 6) is 1.17. The highest BCUT2D eigenvalue weighted by Crippen LogP contribution is 2.51. The highest BCUT2D eigenvalue weighted by Gasteiger charge is 2.44. The van der Waals surface area contributed by atoms with E-state index in [2.05, 4.69) is 27.7 Å². The van der Waals surface area contributed by atoms with Crippen molar-refractivity contribution in [1.82, 2.24) is 0 Å². The third-order valence-corrected chi connectivity index (χ3v) is 5.32. The van der Waals surface area contributed by atoms with Crippen LogP contribution in [0.5, 0.6) is 5.75 Å². The number of aromatic hydroxyl groups is 1. The topological polar surface area (TPSA) is 47.9 Å². The van der Waals surface area contributed by atoms with Crippen LogP contribution >= 0.6 is 0 Å². The lowest BCUT2D eigenvalue weighted by atomic mass is 9.68. The average molecular weight is 360 g/mol. The van der Waals surface area contributed by atoms with Crippen LogP contribution in [0.15, 0.2) is 29.8 Å². The quantitative estimate of drug-likeness (QED) is 0.792. The Morgan fingerprint density at radius 3 is 2.73 bits per heavy atom. The van der Waals surface area contributed by atoms with Gasteiger partial charge in [0.05, 0.1) is 13.2 Å². The number of hydrogen-bond donors (Lipinski definition) is 1. The summed E-state index contributed by atoms with van der Waals surface area (Å²) < 4.78 is 17.8. The van der Waals surface area contributed by atoms with E-state index in [4.69, 9.17) is 14.2 Å². The molecule has 144 valence electrons. The molecule has 2 atom stereocenters. The first kappa shape index (κ1) is 19.2. The molecule has 0 amide bonds. The minimum Gasteiger partial charge on any atom is -0.508 e. The minimum absolute atomic E-state index is 0.0343. The molecule has 1 aromatic carbocycles. The van der Waals surface area contributed by atoms with E-state index in [1.807, 2.05) is 12.1 Å². The van der Waals surface area contributed by atoms with E-state index in [9.17, 15) is 5.11 Å².